The molecule has 9 N–H and O–H groups in total. The van der Waals surface area contributed by atoms with Crippen molar-refractivity contribution in [1.82, 2.24) is 16.0 Å². The van der Waals surface area contributed by atoms with Crippen molar-refractivity contribution in [3.63, 3.8) is 0 Å². The van der Waals surface area contributed by atoms with E-state index >= 15 is 0 Å². The largest absolute Gasteiger partial charge is 0.481 e. The number of carboxylic acids is 2. The maximum atomic E-state index is 12.7. The quantitative estimate of drug-likeness (QED) is 0.162. The van der Waals surface area contributed by atoms with Gasteiger partial charge in [-0.05, 0) is 12.5 Å². The molecule has 0 aliphatic rings. The average Bonchev–Trinajstić information content (AvgIpc) is 2.72. The van der Waals surface area contributed by atoms with Crippen molar-refractivity contribution >= 4 is 35.6 Å². The zero-order valence-corrected chi connectivity index (χ0v) is 17.8. The first kappa shape index (κ1) is 27.0. The van der Waals surface area contributed by atoms with Crippen molar-refractivity contribution in [2.45, 2.75) is 50.4 Å². The van der Waals surface area contributed by atoms with Gasteiger partial charge < -0.3 is 37.6 Å². The van der Waals surface area contributed by atoms with E-state index < -0.39 is 72.6 Å². The first-order chi connectivity index (χ1) is 15.4. The molecule has 13 heteroatoms. The van der Waals surface area contributed by atoms with Crippen LogP contribution in [0.4, 0.5) is 0 Å². The molecule has 0 fully saturated rings. The van der Waals surface area contributed by atoms with Gasteiger partial charge in [0.05, 0.1) is 18.9 Å². The zero-order chi connectivity index (χ0) is 25.1. The Hall–Kier alpha value is -4.00. The van der Waals surface area contributed by atoms with Crippen LogP contribution >= 0.6 is 0 Å². The molecule has 0 aliphatic heterocycles. The van der Waals surface area contributed by atoms with Crippen LogP contribution in [-0.4, -0.2) is 69.9 Å². The molecule has 4 amide bonds. The fourth-order valence-corrected chi connectivity index (χ4v) is 2.70. The fraction of sp³-hybridized carbons (Fsp3) is 0.400. The van der Waals surface area contributed by atoms with E-state index in [2.05, 4.69) is 16.0 Å². The number of benzene rings is 1. The Bertz CT molecular complexity index is 892. The van der Waals surface area contributed by atoms with Crippen LogP contribution in [0.5, 0.6) is 0 Å². The highest BCUT2D eigenvalue weighted by Crippen LogP contribution is 2.05. The van der Waals surface area contributed by atoms with Gasteiger partial charge in [0.25, 0.3) is 0 Å². The van der Waals surface area contributed by atoms with Crippen molar-refractivity contribution in [3.05, 3.63) is 35.9 Å². The summed E-state index contributed by atoms with van der Waals surface area (Å²) in [6.45, 7) is 1.30. The zero-order valence-electron chi connectivity index (χ0n) is 17.8. The molecule has 4 atom stereocenters. The Morgan fingerprint density at radius 2 is 1.42 bits per heavy atom. The number of hydrogen-bond donors (Lipinski definition) is 7. The molecule has 4 unspecified atom stereocenters. The molecule has 0 spiro atoms. The van der Waals surface area contributed by atoms with Gasteiger partial charge in [0.1, 0.15) is 18.1 Å². The Labute approximate surface area is 188 Å². The second-order valence-electron chi connectivity index (χ2n) is 7.26. The van der Waals surface area contributed by atoms with Gasteiger partial charge in [0, 0.05) is 6.42 Å². The first-order valence-corrected chi connectivity index (χ1v) is 9.84. The topological polar surface area (TPSA) is 231 Å². The number of carboxylic acid groups (broad SMARTS) is 2. The third-order valence-corrected chi connectivity index (χ3v) is 4.42. The molecule has 1 aromatic carbocycles. The van der Waals surface area contributed by atoms with E-state index in [4.69, 9.17) is 16.6 Å². The van der Waals surface area contributed by atoms with E-state index in [1.54, 1.807) is 30.3 Å². The van der Waals surface area contributed by atoms with Crippen LogP contribution in [-0.2, 0) is 35.2 Å². The standard InChI is InChI=1S/C20H27N5O8/c1-10(23-18(30)12(21)8-16(27)28)17(29)24-13(7-11-5-3-2-4-6-11)19(31)25-14(20(32)33)9-15(22)26/h2-6,10,12-14H,7-9,21H2,1H3,(H2,22,26)(H,23,30)(H,24,29)(H,25,31)(H,27,28)(H,32,33). The molecular weight excluding hydrogens is 438 g/mol. The number of nitrogens with two attached hydrogens (primary N) is 2. The number of carbonyl (C=O) groups excluding carboxylic acids is 4. The summed E-state index contributed by atoms with van der Waals surface area (Å²) in [5.41, 5.74) is 11.1. The molecule has 0 heterocycles. The van der Waals surface area contributed by atoms with Crippen LogP contribution < -0.4 is 27.4 Å². The summed E-state index contributed by atoms with van der Waals surface area (Å²) < 4.78 is 0. The normalized spacial score (nSPS) is 14.1. The number of nitrogens with one attached hydrogen (secondary N) is 3. The van der Waals surface area contributed by atoms with Gasteiger partial charge in [-0.15, -0.1) is 0 Å². The lowest BCUT2D eigenvalue weighted by molar-refractivity contribution is -0.143. The second-order valence-corrected chi connectivity index (χ2v) is 7.26. The molecule has 13 nitrogen and oxygen atoms in total. The summed E-state index contributed by atoms with van der Waals surface area (Å²) in [6, 6.07) is 3.07. The fourth-order valence-electron chi connectivity index (χ4n) is 2.70. The molecule has 0 aromatic heterocycles. The number of primary amides is 1. The Morgan fingerprint density at radius 1 is 0.848 bits per heavy atom. The molecule has 0 saturated heterocycles. The van der Waals surface area contributed by atoms with Gasteiger partial charge in [-0.2, -0.15) is 0 Å². The highest BCUT2D eigenvalue weighted by atomic mass is 16.4. The lowest BCUT2D eigenvalue weighted by Crippen LogP contribution is -2.57. The van der Waals surface area contributed by atoms with Gasteiger partial charge >= 0.3 is 11.9 Å². The van der Waals surface area contributed by atoms with E-state index in [-0.39, 0.29) is 6.42 Å². The van der Waals surface area contributed by atoms with E-state index in [0.29, 0.717) is 5.56 Å². The van der Waals surface area contributed by atoms with Crippen LogP contribution in [0, 0.1) is 0 Å². The minimum absolute atomic E-state index is 0.0273. The average molecular weight is 465 g/mol. The van der Waals surface area contributed by atoms with E-state index in [1.807, 2.05) is 0 Å². The van der Waals surface area contributed by atoms with E-state index in [0.717, 1.165) is 0 Å². The maximum absolute atomic E-state index is 12.7. The van der Waals surface area contributed by atoms with Crippen molar-refractivity contribution in [2.24, 2.45) is 11.5 Å². The summed E-state index contributed by atoms with van der Waals surface area (Å²) in [7, 11) is 0. The van der Waals surface area contributed by atoms with Crippen LogP contribution in [0.25, 0.3) is 0 Å². The Morgan fingerprint density at radius 3 is 1.94 bits per heavy atom. The predicted octanol–water partition coefficient (Wildman–Crippen LogP) is -2.53. The predicted molar refractivity (Wildman–Crippen MR) is 113 cm³/mol. The summed E-state index contributed by atoms with van der Waals surface area (Å²) in [5.74, 6) is -6.29. The lowest BCUT2D eigenvalue weighted by Gasteiger charge is -2.23. The van der Waals surface area contributed by atoms with Gasteiger partial charge in [0.15, 0.2) is 0 Å². The molecule has 1 rings (SSSR count). The third kappa shape index (κ3) is 9.78. The summed E-state index contributed by atoms with van der Waals surface area (Å²) in [4.78, 5) is 70.4. The van der Waals surface area contributed by atoms with Crippen molar-refractivity contribution < 1.29 is 39.0 Å². The molecular formula is C20H27N5O8. The second kappa shape index (κ2) is 12.8. The molecule has 0 aliphatic carbocycles. The van der Waals surface area contributed by atoms with Crippen LogP contribution in [0.15, 0.2) is 30.3 Å². The minimum Gasteiger partial charge on any atom is -0.481 e. The van der Waals surface area contributed by atoms with Gasteiger partial charge in [-0.1, -0.05) is 30.3 Å². The minimum atomic E-state index is -1.60. The monoisotopic (exact) mass is 465 g/mol. The smallest absolute Gasteiger partial charge is 0.326 e. The summed E-state index contributed by atoms with van der Waals surface area (Å²) in [5, 5.41) is 24.8. The Kier molecular flexibility index (Phi) is 10.5. The number of carbonyl (C=O) groups is 6. The van der Waals surface area contributed by atoms with E-state index in [9.17, 15) is 33.9 Å². The maximum Gasteiger partial charge on any atom is 0.326 e. The molecule has 1 aromatic rings. The summed E-state index contributed by atoms with van der Waals surface area (Å²) >= 11 is 0. The number of rotatable bonds is 13. The van der Waals surface area contributed by atoms with Crippen molar-refractivity contribution in [3.8, 4) is 0 Å². The molecule has 0 saturated carbocycles. The van der Waals surface area contributed by atoms with Gasteiger partial charge in [-0.3, -0.25) is 24.0 Å². The SMILES string of the molecule is CC(NC(=O)C(N)CC(=O)O)C(=O)NC(Cc1ccccc1)C(=O)NC(CC(N)=O)C(=O)O. The van der Waals surface area contributed by atoms with Crippen LogP contribution in [0.1, 0.15) is 25.3 Å². The molecule has 180 valence electrons. The number of aliphatic carboxylic acids is 2. The molecule has 0 radical (unpaired) electrons. The molecule has 33 heavy (non-hydrogen) atoms. The van der Waals surface area contributed by atoms with Crippen LogP contribution in [0.2, 0.25) is 0 Å². The number of amides is 4. The summed E-state index contributed by atoms with van der Waals surface area (Å²) in [6.07, 6.45) is -1.32. The van der Waals surface area contributed by atoms with Gasteiger partial charge in [-0.25, -0.2) is 4.79 Å². The number of hydrogen-bond acceptors (Lipinski definition) is 7. The Balaban J connectivity index is 2.95. The van der Waals surface area contributed by atoms with Gasteiger partial charge in [0.2, 0.25) is 23.6 Å². The van der Waals surface area contributed by atoms with Crippen molar-refractivity contribution in [1.29, 1.82) is 0 Å². The highest BCUT2D eigenvalue weighted by Gasteiger charge is 2.30. The van der Waals surface area contributed by atoms with E-state index in [1.165, 1.54) is 6.92 Å². The highest BCUT2D eigenvalue weighted by molar-refractivity contribution is 5.95. The third-order valence-electron chi connectivity index (χ3n) is 4.42. The van der Waals surface area contributed by atoms with Crippen LogP contribution in [0.3, 0.4) is 0 Å². The first-order valence-electron chi connectivity index (χ1n) is 9.84. The lowest BCUT2D eigenvalue weighted by atomic mass is 10.0. The molecule has 0 bridgehead atoms. The van der Waals surface area contributed by atoms with Crippen molar-refractivity contribution in [2.75, 3.05) is 0 Å².